The number of alkyl carbamates (subject to hydrolysis) is 1. The van der Waals surface area contributed by atoms with Gasteiger partial charge in [0.15, 0.2) is 0 Å². The van der Waals surface area contributed by atoms with E-state index in [0.29, 0.717) is 0 Å². The van der Waals surface area contributed by atoms with Crippen LogP contribution >= 0.6 is 0 Å². The molecule has 1 aromatic heterocycles. The van der Waals surface area contributed by atoms with Gasteiger partial charge in [-0.15, -0.1) is 0 Å². The SMILES string of the molecule is Cc1cc(N2CCC(NC(=O)OC(C)(C)C)C2)c2cc(Oc3ccccc3)ccc2n1. The Morgan fingerprint density at radius 2 is 1.87 bits per heavy atom. The average molecular weight is 420 g/mol. The highest BCUT2D eigenvalue weighted by Gasteiger charge is 2.27. The van der Waals surface area contributed by atoms with Gasteiger partial charge in [0, 0.05) is 29.9 Å². The lowest BCUT2D eigenvalue weighted by Gasteiger charge is -2.23. The number of anilines is 1. The number of fused-ring (bicyclic) bond motifs is 1. The third kappa shape index (κ3) is 5.26. The fourth-order valence-electron chi connectivity index (χ4n) is 3.84. The Morgan fingerprint density at radius 3 is 2.61 bits per heavy atom. The molecule has 1 amide bonds. The number of nitrogens with zero attached hydrogens (tertiary/aromatic N) is 2. The van der Waals surface area contributed by atoms with Crippen molar-refractivity contribution in [2.24, 2.45) is 0 Å². The fraction of sp³-hybridized carbons (Fsp3) is 0.360. The van der Waals surface area contributed by atoms with Crippen LogP contribution in [0.5, 0.6) is 11.5 Å². The number of carbonyl (C=O) groups is 1. The van der Waals surface area contributed by atoms with Crippen LogP contribution in [-0.2, 0) is 4.74 Å². The Bertz CT molecular complexity index is 1080. The lowest BCUT2D eigenvalue weighted by molar-refractivity contribution is 0.0509. The third-order valence-electron chi connectivity index (χ3n) is 5.12. The first kappa shape index (κ1) is 21.0. The zero-order valence-corrected chi connectivity index (χ0v) is 18.5. The van der Waals surface area contributed by atoms with E-state index >= 15 is 0 Å². The van der Waals surface area contributed by atoms with E-state index in [4.69, 9.17) is 14.5 Å². The van der Waals surface area contributed by atoms with Crippen LogP contribution in [0.25, 0.3) is 10.9 Å². The molecule has 1 aliphatic heterocycles. The summed E-state index contributed by atoms with van der Waals surface area (Å²) in [4.78, 5) is 19.2. The fourth-order valence-corrected chi connectivity index (χ4v) is 3.84. The minimum absolute atomic E-state index is 0.0436. The summed E-state index contributed by atoms with van der Waals surface area (Å²) in [6.07, 6.45) is 0.496. The summed E-state index contributed by atoms with van der Waals surface area (Å²) in [6.45, 7) is 9.19. The molecule has 2 heterocycles. The molecule has 31 heavy (non-hydrogen) atoms. The van der Waals surface area contributed by atoms with Crippen molar-refractivity contribution in [3.8, 4) is 11.5 Å². The molecule has 6 nitrogen and oxygen atoms in total. The predicted octanol–water partition coefficient (Wildman–Crippen LogP) is 5.44. The molecule has 1 unspecified atom stereocenters. The van der Waals surface area contributed by atoms with Crippen molar-refractivity contribution in [3.63, 3.8) is 0 Å². The second-order valence-electron chi connectivity index (χ2n) is 8.95. The Hall–Kier alpha value is -3.28. The van der Waals surface area contributed by atoms with Crippen molar-refractivity contribution in [2.75, 3.05) is 18.0 Å². The second-order valence-corrected chi connectivity index (χ2v) is 8.95. The molecule has 162 valence electrons. The molecular weight excluding hydrogens is 390 g/mol. The molecule has 2 aromatic carbocycles. The van der Waals surface area contributed by atoms with E-state index in [1.165, 1.54) is 0 Å². The second kappa shape index (κ2) is 8.46. The largest absolute Gasteiger partial charge is 0.457 e. The number of rotatable bonds is 4. The number of amides is 1. The minimum Gasteiger partial charge on any atom is -0.457 e. The van der Waals surface area contributed by atoms with Crippen LogP contribution in [0.4, 0.5) is 10.5 Å². The number of aromatic nitrogens is 1. The van der Waals surface area contributed by atoms with Gasteiger partial charge in [0.1, 0.15) is 17.1 Å². The van der Waals surface area contributed by atoms with Gasteiger partial charge < -0.3 is 19.7 Å². The molecule has 0 saturated carbocycles. The average Bonchev–Trinajstić information content (AvgIpc) is 3.15. The van der Waals surface area contributed by atoms with Gasteiger partial charge in [-0.1, -0.05) is 18.2 Å². The molecule has 1 saturated heterocycles. The van der Waals surface area contributed by atoms with E-state index in [0.717, 1.165) is 53.3 Å². The third-order valence-corrected chi connectivity index (χ3v) is 5.12. The van der Waals surface area contributed by atoms with Gasteiger partial charge in [-0.25, -0.2) is 4.79 Å². The topological polar surface area (TPSA) is 63.7 Å². The predicted molar refractivity (Wildman–Crippen MR) is 123 cm³/mol. The van der Waals surface area contributed by atoms with Crippen molar-refractivity contribution in [1.29, 1.82) is 0 Å². The van der Waals surface area contributed by atoms with Gasteiger partial charge in [-0.3, -0.25) is 4.98 Å². The number of hydrogen-bond acceptors (Lipinski definition) is 5. The van der Waals surface area contributed by atoms with Crippen LogP contribution in [0, 0.1) is 6.92 Å². The van der Waals surface area contributed by atoms with Crippen LogP contribution < -0.4 is 15.0 Å². The molecule has 0 aliphatic carbocycles. The van der Waals surface area contributed by atoms with E-state index in [1.807, 2.05) is 76.2 Å². The maximum Gasteiger partial charge on any atom is 0.407 e. The summed E-state index contributed by atoms with van der Waals surface area (Å²) >= 11 is 0. The van der Waals surface area contributed by atoms with Crippen LogP contribution in [0.15, 0.2) is 54.6 Å². The Balaban J connectivity index is 1.55. The van der Waals surface area contributed by atoms with Crippen LogP contribution in [0.1, 0.15) is 32.9 Å². The standard InChI is InChI=1S/C25H29N3O3/c1-17-14-23(28-13-12-18(16-28)27-24(29)31-25(2,3)4)21-15-20(10-11-22(21)26-17)30-19-8-6-5-7-9-19/h5-11,14-15,18H,12-13,16H2,1-4H3,(H,27,29). The van der Waals surface area contributed by atoms with E-state index in [-0.39, 0.29) is 12.1 Å². The Kier molecular flexibility index (Phi) is 5.72. The first-order valence-corrected chi connectivity index (χ1v) is 10.7. The Labute approximate surface area is 183 Å². The monoisotopic (exact) mass is 419 g/mol. The molecule has 0 bridgehead atoms. The van der Waals surface area contributed by atoms with E-state index < -0.39 is 5.60 Å². The van der Waals surface area contributed by atoms with E-state index in [2.05, 4.69) is 16.3 Å². The first-order chi connectivity index (χ1) is 14.8. The van der Waals surface area contributed by atoms with Gasteiger partial charge >= 0.3 is 6.09 Å². The highest BCUT2D eigenvalue weighted by Crippen LogP contribution is 2.33. The van der Waals surface area contributed by atoms with E-state index in [1.54, 1.807) is 0 Å². The number of benzene rings is 2. The summed E-state index contributed by atoms with van der Waals surface area (Å²) in [5.41, 5.74) is 2.49. The highest BCUT2D eigenvalue weighted by atomic mass is 16.6. The van der Waals surface area contributed by atoms with Crippen LogP contribution in [-0.4, -0.2) is 35.8 Å². The smallest absolute Gasteiger partial charge is 0.407 e. The number of para-hydroxylation sites is 1. The minimum atomic E-state index is -0.504. The van der Waals surface area contributed by atoms with Crippen LogP contribution in [0.2, 0.25) is 0 Å². The lowest BCUT2D eigenvalue weighted by atomic mass is 10.1. The number of hydrogen-bond donors (Lipinski definition) is 1. The Morgan fingerprint density at radius 1 is 1.10 bits per heavy atom. The molecule has 0 radical (unpaired) electrons. The van der Waals surface area contributed by atoms with Gasteiger partial charge in [0.05, 0.1) is 11.6 Å². The number of ether oxygens (including phenoxy) is 2. The molecule has 3 aromatic rings. The zero-order chi connectivity index (χ0) is 22.0. The number of aryl methyl sites for hydroxylation is 1. The highest BCUT2D eigenvalue weighted by molar-refractivity contribution is 5.93. The van der Waals surface area contributed by atoms with Crippen molar-refractivity contribution < 1.29 is 14.3 Å². The zero-order valence-electron chi connectivity index (χ0n) is 18.5. The molecular formula is C25H29N3O3. The van der Waals surface area contributed by atoms with Gasteiger partial charge in [-0.05, 0) is 70.5 Å². The molecule has 4 rings (SSSR count). The number of pyridine rings is 1. The quantitative estimate of drug-likeness (QED) is 0.610. The number of carbonyl (C=O) groups excluding carboxylic acids is 1. The van der Waals surface area contributed by atoms with Gasteiger partial charge in [0.25, 0.3) is 0 Å². The molecule has 1 fully saturated rings. The maximum atomic E-state index is 12.2. The molecule has 0 spiro atoms. The normalized spacial score (nSPS) is 16.4. The summed E-state index contributed by atoms with van der Waals surface area (Å²) in [7, 11) is 0. The van der Waals surface area contributed by atoms with Crippen LogP contribution in [0.3, 0.4) is 0 Å². The molecule has 1 N–H and O–H groups in total. The van der Waals surface area contributed by atoms with E-state index in [9.17, 15) is 4.79 Å². The van der Waals surface area contributed by atoms with Gasteiger partial charge in [0.2, 0.25) is 0 Å². The van der Waals surface area contributed by atoms with Crippen molar-refractivity contribution in [2.45, 2.75) is 45.8 Å². The number of nitrogens with one attached hydrogen (secondary N) is 1. The van der Waals surface area contributed by atoms with Crippen molar-refractivity contribution in [3.05, 3.63) is 60.3 Å². The molecule has 1 atom stereocenters. The van der Waals surface area contributed by atoms with Gasteiger partial charge in [-0.2, -0.15) is 0 Å². The summed E-state index contributed by atoms with van der Waals surface area (Å²) in [5, 5.41) is 4.04. The van der Waals surface area contributed by atoms with Crippen molar-refractivity contribution in [1.82, 2.24) is 10.3 Å². The molecule has 6 heteroatoms. The lowest BCUT2D eigenvalue weighted by Crippen LogP contribution is -2.40. The molecule has 1 aliphatic rings. The summed E-state index contributed by atoms with van der Waals surface area (Å²) in [5.74, 6) is 1.57. The first-order valence-electron chi connectivity index (χ1n) is 10.7. The van der Waals surface area contributed by atoms with Crippen molar-refractivity contribution >= 4 is 22.7 Å². The maximum absolute atomic E-state index is 12.2. The summed E-state index contributed by atoms with van der Waals surface area (Å²) in [6, 6.07) is 17.9. The summed E-state index contributed by atoms with van der Waals surface area (Å²) < 4.78 is 11.4.